The zero-order chi connectivity index (χ0) is 12.0. The largest absolute Gasteiger partial charge is 0.202 e. The Bertz CT molecular complexity index is 97.3. The minimum Gasteiger partial charge on any atom is -0.202 e. The van der Waals surface area contributed by atoms with Gasteiger partial charge in [-0.15, -0.1) is 0 Å². The average molecular weight is 405 g/mol. The standard InChI is InChI=1S/6CHN.Co.W/c6*1-2;;/h6*1H;;. The monoisotopic (exact) mass is 405 g/mol. The summed E-state index contributed by atoms with van der Waals surface area (Å²) in [6.07, 6.45) is 0. The first-order chi connectivity index (χ1) is 6.00. The van der Waals surface area contributed by atoms with Gasteiger partial charge in [0.05, 0.1) is 0 Å². The van der Waals surface area contributed by atoms with E-state index < -0.39 is 0 Å². The van der Waals surface area contributed by atoms with Crippen molar-refractivity contribution in [1.82, 2.24) is 0 Å². The molecule has 0 spiro atoms. The molecule has 0 amide bonds. The molecule has 0 rings (SSSR count). The Labute approximate surface area is 109 Å². The number of nitriles is 6. The minimum absolute atomic E-state index is 0. The van der Waals surface area contributed by atoms with Gasteiger partial charge in [-0.3, -0.25) is 0 Å². The molecular weight excluding hydrogens is 399 g/mol. The van der Waals surface area contributed by atoms with Crippen molar-refractivity contribution in [3.63, 3.8) is 0 Å². The second-order valence-corrected chi connectivity index (χ2v) is 0. The summed E-state index contributed by atoms with van der Waals surface area (Å²) in [5, 5.41) is 39.0. The van der Waals surface area contributed by atoms with Crippen molar-refractivity contribution in [2.24, 2.45) is 0 Å². The maximum absolute atomic E-state index is 6.50. The zero-order valence-corrected chi connectivity index (χ0v) is 10.9. The third-order valence-electron chi connectivity index (χ3n) is 0. The summed E-state index contributed by atoms with van der Waals surface area (Å²) >= 11 is 0. The first-order valence-electron chi connectivity index (χ1n) is 1.55. The third-order valence-corrected chi connectivity index (χ3v) is 0. The van der Waals surface area contributed by atoms with Gasteiger partial charge in [0.15, 0.2) is 0 Å². The first-order valence-corrected chi connectivity index (χ1v) is 1.55. The summed E-state index contributed by atoms with van der Waals surface area (Å²) in [6.45, 7) is 21.0. The van der Waals surface area contributed by atoms with Gasteiger partial charge in [-0.25, -0.2) is 31.6 Å². The van der Waals surface area contributed by atoms with Gasteiger partial charge in [-0.2, -0.15) is 0 Å². The second-order valence-electron chi connectivity index (χ2n) is 0. The van der Waals surface area contributed by atoms with Crippen LogP contribution in [0, 0.1) is 71.0 Å². The number of hydrogen-bond donors (Lipinski definition) is 0. The van der Waals surface area contributed by atoms with Crippen LogP contribution in [0.25, 0.3) is 0 Å². The molecule has 14 heavy (non-hydrogen) atoms. The van der Waals surface area contributed by atoms with Gasteiger partial charge in [0.2, 0.25) is 0 Å². The molecule has 0 aromatic carbocycles. The van der Waals surface area contributed by atoms with Crippen molar-refractivity contribution in [2.45, 2.75) is 0 Å². The van der Waals surface area contributed by atoms with Crippen LogP contribution in [0.5, 0.6) is 0 Å². The van der Waals surface area contributed by atoms with Crippen LogP contribution >= 0.6 is 0 Å². The Balaban J connectivity index is -0.00000000500. The first kappa shape index (κ1) is 88.0. The summed E-state index contributed by atoms with van der Waals surface area (Å²) in [6, 6.07) is 0. The normalized spacial score (nSPS) is 0.857. The van der Waals surface area contributed by atoms with E-state index in [1.165, 1.54) is 0 Å². The molecule has 0 saturated heterocycles. The van der Waals surface area contributed by atoms with Crippen molar-refractivity contribution in [3.8, 4) is 39.4 Å². The minimum atomic E-state index is 0. The van der Waals surface area contributed by atoms with Crippen LogP contribution in [0.3, 0.4) is 0 Å². The van der Waals surface area contributed by atoms with Crippen molar-refractivity contribution < 1.29 is 37.8 Å². The smallest absolute Gasteiger partial charge is 0.0462 e. The molecule has 0 heterocycles. The molecule has 0 atom stereocenters. The van der Waals surface area contributed by atoms with E-state index in [1.807, 2.05) is 0 Å². The van der Waals surface area contributed by atoms with Crippen LogP contribution in [0.4, 0.5) is 0 Å². The van der Waals surface area contributed by atoms with E-state index in [0.29, 0.717) is 0 Å². The Morgan fingerprint density at radius 3 is 0.357 bits per heavy atom. The number of hydrogen-bond acceptors (Lipinski definition) is 6. The molecule has 75 valence electrons. The Morgan fingerprint density at radius 1 is 0.357 bits per heavy atom. The molecule has 6 nitrogen and oxygen atoms in total. The fourth-order valence-electron chi connectivity index (χ4n) is 0. The average Bonchev–Trinajstić information content (AvgIpc) is 2.33. The molecule has 0 aromatic rings. The molecule has 0 aliphatic heterocycles. The van der Waals surface area contributed by atoms with Crippen molar-refractivity contribution in [3.05, 3.63) is 0 Å². The van der Waals surface area contributed by atoms with Crippen molar-refractivity contribution >= 4 is 0 Å². The van der Waals surface area contributed by atoms with E-state index in [1.54, 1.807) is 0 Å². The van der Waals surface area contributed by atoms with Gasteiger partial charge >= 0.3 is 0 Å². The Morgan fingerprint density at radius 2 is 0.357 bits per heavy atom. The Hall–Kier alpha value is -1.87. The van der Waals surface area contributed by atoms with Crippen LogP contribution in [0.1, 0.15) is 0 Å². The number of rotatable bonds is 0. The maximum atomic E-state index is 6.50. The predicted molar refractivity (Wildman–Crippen MR) is 40.0 cm³/mol. The van der Waals surface area contributed by atoms with Crippen LogP contribution in [0.15, 0.2) is 0 Å². The quantitative estimate of drug-likeness (QED) is 0.585. The molecular formula is C6H6CoN6W. The van der Waals surface area contributed by atoms with Gasteiger partial charge < -0.3 is 0 Å². The second kappa shape index (κ2) is 329. The molecule has 8 heteroatoms. The molecule has 0 saturated carbocycles. The van der Waals surface area contributed by atoms with Gasteiger partial charge in [0.1, 0.15) is 0 Å². The van der Waals surface area contributed by atoms with Gasteiger partial charge in [0, 0.05) is 77.3 Å². The molecule has 0 aliphatic rings. The Kier molecular flexibility index (Phi) is 2070. The van der Waals surface area contributed by atoms with E-state index in [2.05, 4.69) is 39.4 Å². The van der Waals surface area contributed by atoms with E-state index >= 15 is 0 Å². The summed E-state index contributed by atoms with van der Waals surface area (Å²) in [7, 11) is 0. The van der Waals surface area contributed by atoms with Crippen LogP contribution in [-0.2, 0) is 37.8 Å². The molecule has 0 aliphatic carbocycles. The summed E-state index contributed by atoms with van der Waals surface area (Å²) in [4.78, 5) is 0. The fraction of sp³-hybridized carbons (Fsp3) is 0. The van der Waals surface area contributed by atoms with Gasteiger partial charge in [-0.1, -0.05) is 0 Å². The molecule has 0 unspecified atom stereocenters. The van der Waals surface area contributed by atoms with Crippen molar-refractivity contribution in [2.75, 3.05) is 0 Å². The van der Waals surface area contributed by atoms with Gasteiger partial charge in [0.25, 0.3) is 0 Å². The van der Waals surface area contributed by atoms with Crippen LogP contribution in [-0.4, -0.2) is 0 Å². The molecule has 0 fully saturated rings. The topological polar surface area (TPSA) is 143 Å². The third kappa shape index (κ3) is 243. The summed E-state index contributed by atoms with van der Waals surface area (Å²) in [5.41, 5.74) is 0. The van der Waals surface area contributed by atoms with Crippen LogP contribution < -0.4 is 0 Å². The van der Waals surface area contributed by atoms with Crippen LogP contribution in [0.2, 0.25) is 0 Å². The van der Waals surface area contributed by atoms with E-state index in [0.717, 1.165) is 0 Å². The SMILES string of the molecule is C#N.C#N.C#N.C#N.C#N.C#N.[Co].[W]. The maximum Gasteiger partial charge on any atom is 0.0462 e. The summed E-state index contributed by atoms with van der Waals surface area (Å²) < 4.78 is 0. The fourth-order valence-corrected chi connectivity index (χ4v) is 0. The van der Waals surface area contributed by atoms with Crippen molar-refractivity contribution in [1.29, 1.82) is 31.6 Å². The zero-order valence-electron chi connectivity index (χ0n) is 6.89. The number of nitrogens with zero attached hydrogens (tertiary/aromatic N) is 6. The molecule has 0 N–H and O–H groups in total. The van der Waals surface area contributed by atoms with E-state index in [-0.39, 0.29) is 37.8 Å². The van der Waals surface area contributed by atoms with Gasteiger partial charge in [-0.05, 0) is 0 Å². The molecule has 0 aromatic heterocycles. The van der Waals surface area contributed by atoms with E-state index in [4.69, 9.17) is 31.6 Å². The molecule has 1 radical (unpaired) electrons. The summed E-state index contributed by atoms with van der Waals surface area (Å²) in [5.74, 6) is 0. The molecule has 0 bridgehead atoms. The van der Waals surface area contributed by atoms with E-state index in [9.17, 15) is 0 Å². The predicted octanol–water partition coefficient (Wildman–Crippen LogP) is 0.834.